The summed E-state index contributed by atoms with van der Waals surface area (Å²) in [6, 6.07) is 12.9. The second kappa shape index (κ2) is 5.81. The van der Waals surface area contributed by atoms with Crippen LogP contribution < -0.4 is 10.6 Å². The number of amides is 2. The van der Waals surface area contributed by atoms with Gasteiger partial charge in [0.25, 0.3) is 0 Å². The molecule has 0 unspecified atom stereocenters. The summed E-state index contributed by atoms with van der Waals surface area (Å²) in [6.07, 6.45) is 0. The summed E-state index contributed by atoms with van der Waals surface area (Å²) >= 11 is 1.97. The summed E-state index contributed by atoms with van der Waals surface area (Å²) in [7, 11) is 0. The Balaban J connectivity index is 2.03. The highest BCUT2D eigenvalue weighted by Gasteiger charge is 2.06. The Morgan fingerprint density at radius 1 is 1.06 bits per heavy atom. The number of para-hydroxylation sites is 1. The second-order valence-electron chi connectivity index (χ2n) is 3.57. The molecular weight excluding hydrogens is 346 g/mol. The molecule has 2 aromatic rings. The summed E-state index contributed by atoms with van der Waals surface area (Å²) in [5.74, 6) is -0.326. The van der Waals surface area contributed by atoms with Crippen LogP contribution in [0.2, 0.25) is 0 Å². The van der Waals surface area contributed by atoms with E-state index in [4.69, 9.17) is 0 Å². The third-order valence-corrected chi connectivity index (χ3v) is 3.10. The first-order valence-corrected chi connectivity index (χ1v) is 6.31. The number of hydrogen-bond donors (Lipinski definition) is 2. The molecule has 0 aliphatic carbocycles. The molecule has 0 radical (unpaired) electrons. The molecule has 0 saturated heterocycles. The van der Waals surface area contributed by atoms with Gasteiger partial charge in [-0.1, -0.05) is 18.2 Å². The van der Waals surface area contributed by atoms with Crippen LogP contribution in [0.3, 0.4) is 0 Å². The molecular formula is C13H10FIN2O. The van der Waals surface area contributed by atoms with Gasteiger partial charge in [-0.25, -0.2) is 9.18 Å². The van der Waals surface area contributed by atoms with Crippen molar-refractivity contribution in [1.82, 2.24) is 0 Å². The van der Waals surface area contributed by atoms with E-state index in [0.717, 1.165) is 0 Å². The van der Waals surface area contributed by atoms with Gasteiger partial charge in [0.2, 0.25) is 0 Å². The largest absolute Gasteiger partial charge is 0.323 e. The fourth-order valence-corrected chi connectivity index (χ4v) is 2.01. The number of rotatable bonds is 2. The average molecular weight is 356 g/mol. The van der Waals surface area contributed by atoms with Crippen molar-refractivity contribution in [3.8, 4) is 0 Å². The Labute approximate surface area is 118 Å². The lowest BCUT2D eigenvalue weighted by molar-refractivity contribution is 0.262. The Kier molecular flexibility index (Phi) is 4.14. The van der Waals surface area contributed by atoms with Crippen molar-refractivity contribution in [2.75, 3.05) is 10.6 Å². The molecule has 0 aliphatic heterocycles. The van der Waals surface area contributed by atoms with Crippen LogP contribution in [-0.2, 0) is 0 Å². The topological polar surface area (TPSA) is 41.1 Å². The highest BCUT2D eigenvalue weighted by molar-refractivity contribution is 14.1. The van der Waals surface area contributed by atoms with Crippen molar-refractivity contribution in [1.29, 1.82) is 0 Å². The monoisotopic (exact) mass is 356 g/mol. The van der Waals surface area contributed by atoms with E-state index >= 15 is 0 Å². The first kappa shape index (κ1) is 12.8. The summed E-state index contributed by atoms with van der Waals surface area (Å²) in [4.78, 5) is 11.7. The van der Waals surface area contributed by atoms with E-state index in [9.17, 15) is 9.18 Å². The Morgan fingerprint density at radius 3 is 2.44 bits per heavy atom. The van der Waals surface area contributed by atoms with Gasteiger partial charge in [0.15, 0.2) is 0 Å². The van der Waals surface area contributed by atoms with Crippen molar-refractivity contribution in [2.24, 2.45) is 0 Å². The maximum Gasteiger partial charge on any atom is 0.323 e. The van der Waals surface area contributed by atoms with Crippen LogP contribution in [0, 0.1) is 9.39 Å². The van der Waals surface area contributed by atoms with Crippen LogP contribution in [0.25, 0.3) is 0 Å². The lowest BCUT2D eigenvalue weighted by atomic mass is 10.3. The molecule has 2 aromatic carbocycles. The summed E-state index contributed by atoms with van der Waals surface area (Å²) in [5, 5.41) is 5.35. The zero-order chi connectivity index (χ0) is 13.0. The summed E-state index contributed by atoms with van der Waals surface area (Å²) < 4.78 is 13.5. The molecule has 0 saturated carbocycles. The molecule has 0 aliphatic rings. The van der Waals surface area contributed by atoms with Gasteiger partial charge < -0.3 is 10.6 Å². The minimum absolute atomic E-state index is 0.326. The first-order valence-electron chi connectivity index (χ1n) is 5.23. The highest BCUT2D eigenvalue weighted by Crippen LogP contribution is 2.19. The van der Waals surface area contributed by atoms with Gasteiger partial charge in [-0.15, -0.1) is 0 Å². The van der Waals surface area contributed by atoms with E-state index in [1.807, 2.05) is 40.8 Å². The number of nitrogens with one attached hydrogen (secondary N) is 2. The molecule has 2 N–H and O–H groups in total. The molecule has 0 heterocycles. The molecule has 0 spiro atoms. The van der Waals surface area contributed by atoms with Crippen molar-refractivity contribution in [2.45, 2.75) is 0 Å². The summed E-state index contributed by atoms with van der Waals surface area (Å²) in [6.45, 7) is 0. The van der Waals surface area contributed by atoms with E-state index < -0.39 is 0 Å². The van der Waals surface area contributed by atoms with E-state index in [1.54, 1.807) is 12.1 Å². The van der Waals surface area contributed by atoms with Crippen LogP contribution in [0.15, 0.2) is 48.5 Å². The highest BCUT2D eigenvalue weighted by atomic mass is 127. The van der Waals surface area contributed by atoms with Crippen molar-refractivity contribution >= 4 is 40.0 Å². The number of carbonyl (C=O) groups excluding carboxylic acids is 1. The Bertz CT molecular complexity index is 560. The van der Waals surface area contributed by atoms with Gasteiger partial charge in [0.05, 0.1) is 5.69 Å². The van der Waals surface area contributed by atoms with E-state index in [1.165, 1.54) is 18.2 Å². The van der Waals surface area contributed by atoms with Gasteiger partial charge in [0.1, 0.15) is 5.82 Å². The number of anilines is 2. The second-order valence-corrected chi connectivity index (χ2v) is 4.73. The lowest BCUT2D eigenvalue weighted by Gasteiger charge is -2.09. The number of halogens is 2. The fourth-order valence-electron chi connectivity index (χ4n) is 1.40. The van der Waals surface area contributed by atoms with Crippen LogP contribution in [0.5, 0.6) is 0 Å². The van der Waals surface area contributed by atoms with Gasteiger partial charge in [0, 0.05) is 9.26 Å². The number of benzene rings is 2. The van der Waals surface area contributed by atoms with E-state index in [2.05, 4.69) is 10.6 Å². The van der Waals surface area contributed by atoms with Gasteiger partial charge >= 0.3 is 6.03 Å². The van der Waals surface area contributed by atoms with Crippen molar-refractivity contribution in [3.05, 3.63) is 57.9 Å². The third-order valence-electron chi connectivity index (χ3n) is 2.21. The molecule has 2 amide bonds. The minimum Gasteiger partial charge on any atom is -0.308 e. The third kappa shape index (κ3) is 3.43. The molecule has 92 valence electrons. The Morgan fingerprint density at radius 2 is 1.78 bits per heavy atom. The molecule has 3 nitrogen and oxygen atoms in total. The minimum atomic E-state index is -0.356. The van der Waals surface area contributed by atoms with E-state index in [0.29, 0.717) is 14.9 Å². The molecule has 2 rings (SSSR count). The van der Waals surface area contributed by atoms with Crippen LogP contribution in [0.1, 0.15) is 0 Å². The fraction of sp³-hybridized carbons (Fsp3) is 0. The van der Waals surface area contributed by atoms with Crippen LogP contribution in [-0.4, -0.2) is 6.03 Å². The average Bonchev–Trinajstić information content (AvgIpc) is 2.34. The van der Waals surface area contributed by atoms with Crippen molar-refractivity contribution in [3.63, 3.8) is 0 Å². The quantitative estimate of drug-likeness (QED) is 0.783. The number of hydrogen-bond acceptors (Lipinski definition) is 1. The predicted octanol–water partition coefficient (Wildman–Crippen LogP) is 4.07. The molecule has 0 atom stereocenters. The zero-order valence-electron chi connectivity index (χ0n) is 9.28. The maximum atomic E-state index is 12.9. The number of urea groups is 1. The predicted molar refractivity (Wildman–Crippen MR) is 78.2 cm³/mol. The van der Waals surface area contributed by atoms with Gasteiger partial charge in [-0.2, -0.15) is 0 Å². The molecule has 0 bridgehead atoms. The molecule has 18 heavy (non-hydrogen) atoms. The molecule has 0 aromatic heterocycles. The first-order chi connectivity index (χ1) is 8.65. The molecule has 5 heteroatoms. The van der Waals surface area contributed by atoms with Crippen LogP contribution in [0.4, 0.5) is 20.6 Å². The summed E-state index contributed by atoms with van der Waals surface area (Å²) in [5.41, 5.74) is 1.28. The molecule has 0 fully saturated rings. The standard InChI is InChI=1S/C13H10FIN2O/c14-9-6-7-12(11(15)8-9)17-13(18)16-10-4-2-1-3-5-10/h1-8H,(H2,16,17,18). The number of carbonyl (C=O) groups is 1. The van der Waals surface area contributed by atoms with Crippen molar-refractivity contribution < 1.29 is 9.18 Å². The SMILES string of the molecule is O=C(Nc1ccccc1)Nc1ccc(F)cc1I. The van der Waals surface area contributed by atoms with Gasteiger partial charge in [-0.3, -0.25) is 0 Å². The lowest BCUT2D eigenvalue weighted by Crippen LogP contribution is -2.19. The Hall–Kier alpha value is -1.63. The van der Waals surface area contributed by atoms with Crippen LogP contribution >= 0.6 is 22.6 Å². The van der Waals surface area contributed by atoms with E-state index in [-0.39, 0.29) is 11.8 Å². The zero-order valence-corrected chi connectivity index (χ0v) is 11.4. The normalized spacial score (nSPS) is 9.89. The smallest absolute Gasteiger partial charge is 0.308 e. The maximum absolute atomic E-state index is 12.9. The van der Waals surface area contributed by atoms with Gasteiger partial charge in [-0.05, 0) is 52.9 Å².